The molecule has 0 aliphatic carbocycles. The number of hydrogen-bond donors (Lipinski definition) is 2. The molecule has 0 fully saturated rings. The van der Waals surface area contributed by atoms with Gasteiger partial charge in [-0.25, -0.2) is 4.98 Å². The molecule has 1 aromatic heterocycles. The smallest absolute Gasteiger partial charge is 0.294 e. The topological polar surface area (TPSA) is 79.3 Å². The van der Waals surface area contributed by atoms with Gasteiger partial charge in [0.1, 0.15) is 0 Å². The minimum atomic E-state index is -4.19. The summed E-state index contributed by atoms with van der Waals surface area (Å²) in [6.07, 6.45) is 0. The Hall–Kier alpha value is -1.93. The molecule has 0 spiro atoms. The maximum Gasteiger partial charge on any atom is 0.294 e. The first-order valence-electron chi connectivity index (χ1n) is 6.91. The Balaban J connectivity index is 1.84. The van der Waals surface area contributed by atoms with Crippen LogP contribution in [0.1, 0.15) is 4.88 Å². The molecule has 1 heterocycles. The van der Waals surface area contributed by atoms with Gasteiger partial charge < -0.3 is 5.32 Å². The third kappa shape index (κ3) is 3.76. The number of benzene rings is 2. The van der Waals surface area contributed by atoms with Crippen LogP contribution in [0.3, 0.4) is 0 Å². The number of aromatic nitrogens is 1. The van der Waals surface area contributed by atoms with Gasteiger partial charge in [0.2, 0.25) is 0 Å². The third-order valence-corrected chi connectivity index (χ3v) is 5.32. The summed E-state index contributed by atoms with van der Waals surface area (Å²) in [5.41, 5.74) is 2.52. The molecule has 0 saturated heterocycles. The van der Waals surface area contributed by atoms with E-state index in [-0.39, 0.29) is 4.90 Å². The summed E-state index contributed by atoms with van der Waals surface area (Å²) in [5, 5.41) is 4.49. The van der Waals surface area contributed by atoms with E-state index in [1.807, 2.05) is 31.2 Å². The number of hydrogen-bond acceptors (Lipinski definition) is 5. The fourth-order valence-electron chi connectivity index (χ4n) is 2.16. The molecule has 0 aliphatic rings. The number of thiazole rings is 1. The van der Waals surface area contributed by atoms with Crippen LogP contribution in [0.15, 0.2) is 53.4 Å². The first kappa shape index (κ1) is 16.9. The number of rotatable bonds is 4. The molecule has 5 nitrogen and oxygen atoms in total. The second-order valence-corrected chi connectivity index (χ2v) is 8.12. The van der Waals surface area contributed by atoms with Crippen LogP contribution in [0.2, 0.25) is 5.02 Å². The van der Waals surface area contributed by atoms with Crippen molar-refractivity contribution in [2.75, 3.05) is 5.32 Å². The van der Waals surface area contributed by atoms with Crippen molar-refractivity contribution in [2.45, 2.75) is 11.8 Å². The Kier molecular flexibility index (Phi) is 4.60. The number of aryl methyl sites for hydroxylation is 1. The van der Waals surface area contributed by atoms with Gasteiger partial charge in [-0.05, 0) is 43.3 Å². The summed E-state index contributed by atoms with van der Waals surface area (Å²) in [6.45, 7) is 1.98. The van der Waals surface area contributed by atoms with Crippen molar-refractivity contribution >= 4 is 43.9 Å². The van der Waals surface area contributed by atoms with E-state index >= 15 is 0 Å². The first-order chi connectivity index (χ1) is 11.3. The van der Waals surface area contributed by atoms with Crippen LogP contribution in [0, 0.1) is 6.92 Å². The van der Waals surface area contributed by atoms with E-state index in [1.54, 1.807) is 12.1 Å². The molecule has 0 bridgehead atoms. The van der Waals surface area contributed by atoms with Gasteiger partial charge in [-0.15, -0.1) is 11.3 Å². The van der Waals surface area contributed by atoms with Crippen molar-refractivity contribution in [1.82, 2.24) is 4.98 Å². The molecule has 124 valence electrons. The second kappa shape index (κ2) is 6.52. The third-order valence-electron chi connectivity index (χ3n) is 3.32. The van der Waals surface area contributed by atoms with Crippen LogP contribution in [0.4, 0.5) is 10.8 Å². The summed E-state index contributed by atoms with van der Waals surface area (Å²) in [4.78, 5) is 5.48. The molecule has 2 N–H and O–H groups in total. The molecular weight excluding hydrogens is 368 g/mol. The van der Waals surface area contributed by atoms with E-state index in [1.165, 1.54) is 23.5 Å². The maximum atomic E-state index is 11.0. The van der Waals surface area contributed by atoms with Crippen LogP contribution in [-0.4, -0.2) is 18.0 Å². The summed E-state index contributed by atoms with van der Waals surface area (Å²) in [7, 11) is -4.19. The van der Waals surface area contributed by atoms with Gasteiger partial charge in [-0.1, -0.05) is 23.7 Å². The van der Waals surface area contributed by atoms with Gasteiger partial charge in [-0.3, -0.25) is 4.55 Å². The van der Waals surface area contributed by atoms with Gasteiger partial charge in [-0.2, -0.15) is 8.42 Å². The Morgan fingerprint density at radius 3 is 2.29 bits per heavy atom. The number of nitrogens with one attached hydrogen (secondary N) is 1. The minimum absolute atomic E-state index is 0.148. The highest BCUT2D eigenvalue weighted by atomic mass is 35.5. The van der Waals surface area contributed by atoms with Crippen LogP contribution in [0.25, 0.3) is 11.3 Å². The number of anilines is 2. The lowest BCUT2D eigenvalue weighted by atomic mass is 10.1. The minimum Gasteiger partial charge on any atom is -0.332 e. The molecule has 0 atom stereocenters. The maximum absolute atomic E-state index is 11.0. The lowest BCUT2D eigenvalue weighted by Gasteiger charge is -2.03. The zero-order valence-corrected chi connectivity index (χ0v) is 14.9. The summed E-state index contributed by atoms with van der Waals surface area (Å²) in [5.74, 6) is 0. The number of nitrogens with zero attached hydrogens (tertiary/aromatic N) is 1. The zero-order chi connectivity index (χ0) is 17.3. The van der Waals surface area contributed by atoms with Gasteiger partial charge in [0.15, 0.2) is 5.13 Å². The second-order valence-electron chi connectivity index (χ2n) is 5.06. The summed E-state index contributed by atoms with van der Waals surface area (Å²) >= 11 is 7.40. The van der Waals surface area contributed by atoms with E-state index in [2.05, 4.69) is 10.3 Å². The van der Waals surface area contributed by atoms with Gasteiger partial charge >= 0.3 is 0 Å². The highest BCUT2D eigenvalue weighted by molar-refractivity contribution is 7.85. The van der Waals surface area contributed by atoms with Crippen LogP contribution < -0.4 is 5.32 Å². The van der Waals surface area contributed by atoms with Crippen molar-refractivity contribution in [3.63, 3.8) is 0 Å². The lowest BCUT2D eigenvalue weighted by molar-refractivity contribution is 0.483. The lowest BCUT2D eigenvalue weighted by Crippen LogP contribution is -1.98. The largest absolute Gasteiger partial charge is 0.332 e. The quantitative estimate of drug-likeness (QED) is 0.638. The predicted molar refractivity (Wildman–Crippen MR) is 96.8 cm³/mol. The molecule has 0 radical (unpaired) electrons. The Labute approximate surface area is 148 Å². The average molecular weight is 381 g/mol. The van der Waals surface area contributed by atoms with E-state index in [9.17, 15) is 8.42 Å². The predicted octanol–water partition coefficient (Wildman–Crippen LogP) is 4.76. The Morgan fingerprint density at radius 2 is 1.71 bits per heavy atom. The SMILES string of the molecule is Cc1sc(Nc2ccc(S(=O)(=O)O)cc2)nc1-c1ccc(Cl)cc1. The fourth-order valence-corrected chi connectivity index (χ4v) is 3.62. The molecule has 3 aromatic rings. The normalized spacial score (nSPS) is 11.5. The van der Waals surface area contributed by atoms with E-state index < -0.39 is 10.1 Å². The molecular formula is C16H13ClN2O3S2. The first-order valence-corrected chi connectivity index (χ1v) is 9.54. The standard InChI is InChI=1S/C16H13ClN2O3S2/c1-10-15(11-2-4-12(17)5-3-11)19-16(23-10)18-13-6-8-14(9-7-13)24(20,21)22/h2-9H,1H3,(H,18,19)(H,20,21,22). The van der Waals surface area contributed by atoms with Crippen LogP contribution in [-0.2, 0) is 10.1 Å². The van der Waals surface area contributed by atoms with E-state index in [0.717, 1.165) is 16.1 Å². The molecule has 0 saturated carbocycles. The van der Waals surface area contributed by atoms with E-state index in [4.69, 9.17) is 16.2 Å². The van der Waals surface area contributed by atoms with Gasteiger partial charge in [0.05, 0.1) is 10.6 Å². The van der Waals surface area contributed by atoms with Crippen molar-refractivity contribution < 1.29 is 13.0 Å². The Bertz CT molecular complexity index is 966. The van der Waals surface area contributed by atoms with E-state index in [0.29, 0.717) is 15.8 Å². The molecule has 0 amide bonds. The van der Waals surface area contributed by atoms with Crippen LogP contribution >= 0.6 is 22.9 Å². The highest BCUT2D eigenvalue weighted by Crippen LogP contribution is 2.32. The highest BCUT2D eigenvalue weighted by Gasteiger charge is 2.11. The molecule has 0 unspecified atom stereocenters. The molecule has 24 heavy (non-hydrogen) atoms. The summed E-state index contributed by atoms with van der Waals surface area (Å²) < 4.78 is 31.1. The van der Waals surface area contributed by atoms with Crippen molar-refractivity contribution in [1.29, 1.82) is 0 Å². The molecule has 0 aliphatic heterocycles. The van der Waals surface area contributed by atoms with Crippen molar-refractivity contribution in [2.24, 2.45) is 0 Å². The monoisotopic (exact) mass is 380 g/mol. The molecule has 2 aromatic carbocycles. The van der Waals surface area contributed by atoms with Gasteiger partial charge in [0, 0.05) is 21.2 Å². The zero-order valence-electron chi connectivity index (χ0n) is 12.5. The average Bonchev–Trinajstić information content (AvgIpc) is 2.88. The van der Waals surface area contributed by atoms with Crippen LogP contribution in [0.5, 0.6) is 0 Å². The Morgan fingerprint density at radius 1 is 1.08 bits per heavy atom. The number of halogens is 1. The van der Waals surface area contributed by atoms with Crippen molar-refractivity contribution in [3.05, 3.63) is 58.4 Å². The molecule has 8 heteroatoms. The fraction of sp³-hybridized carbons (Fsp3) is 0.0625. The summed E-state index contributed by atoms with van der Waals surface area (Å²) in [6, 6.07) is 13.3. The van der Waals surface area contributed by atoms with Crippen molar-refractivity contribution in [3.8, 4) is 11.3 Å². The molecule has 3 rings (SSSR count). The van der Waals surface area contributed by atoms with Gasteiger partial charge in [0.25, 0.3) is 10.1 Å².